The lowest BCUT2D eigenvalue weighted by Crippen LogP contribution is -2.64. The van der Waals surface area contributed by atoms with Crippen molar-refractivity contribution >= 4 is 133 Å². The standard InChI is InChI=1S/C96H101Cl3N12O28S2/c1-40(2)23-57(103-5)89(128)106-75-61(117)27-48(30-69(100)120)87(126)104-72-47-28-66(135-64-19-15-45(79(75)121)25-55(64)97)83(139-94-84(82(124)81(123)68(37-112)137-94)138-70-35-96(4,102)85(125)41(3)134-70)67(29-47)136-65-20-16-46(26-56(65)98)80(122)77-90(129)105-73(53-31-50(113)32-60(116)71(53)52-24-44(14-18-58(52)114)51(33-62(72)118)88(127)107-77)59(115)17-13-42-9-11-43(12-10-42)38-133-109-74(76-86(99)141-95(101)108-76)63(119)34-54-91(130)111-78(93(131)132)49(39-140-92(54)111)36-110-21-7-6-8-22-110/h6-12,14-16,18-22,24-26,28-29,31-32,40-41,48,51,54,57,68,70,72-73,75,77,79-82,84-85,92,94,103,112,121-125H,13,17,23,27,30,33-39,102H2,1-5H3,(H11-,100,101,104,105,106,107,108,109,113,114,116,119,120,126,127,128,129,131,132)/p+1/t41-,48-,51+,54+,57+,68+,70-,72+,73-,75?,77-,79+,80+,81+,82-,84+,85+,92+,94-,96-/m0/s1. The van der Waals surface area contributed by atoms with Gasteiger partial charge in [-0.3, -0.25) is 52.8 Å². The zero-order valence-electron chi connectivity index (χ0n) is 76.0. The number of phenols is 3. The van der Waals surface area contributed by atoms with Crippen LogP contribution in [0.4, 0.5) is 5.13 Å². The number of rotatable bonds is 26. The Hall–Kier alpha value is -12.3. The average Bonchev–Trinajstić information content (AvgIpc) is 0.971. The van der Waals surface area contributed by atoms with Crippen LogP contribution in [0.15, 0.2) is 150 Å². The van der Waals surface area contributed by atoms with E-state index in [1.165, 1.54) is 61.8 Å². The number of carbonyl (C=O) groups is 11. The molecule has 3 fully saturated rings. The fourth-order valence-corrected chi connectivity index (χ4v) is 20.9. The number of anilines is 1. The number of nitrogens with two attached hydrogens (primary N) is 3. The molecule has 0 aliphatic carbocycles. The number of primary amides is 1. The molecular formula is C96H102Cl3N12O28S2+. The largest absolute Gasteiger partial charge is 0.508 e. The number of aliphatic hydroxyl groups is 6. The van der Waals surface area contributed by atoms with Crippen molar-refractivity contribution in [3.05, 3.63) is 204 Å². The summed E-state index contributed by atoms with van der Waals surface area (Å²) in [5.74, 6) is -21.1. The molecule has 141 heavy (non-hydrogen) atoms. The molecular weight excluding hydrogens is 1940 g/mol. The highest BCUT2D eigenvalue weighted by Gasteiger charge is 2.56. The number of pyridine rings is 1. The number of benzene rings is 6. The summed E-state index contributed by atoms with van der Waals surface area (Å²) in [5, 5.41) is 133. The summed E-state index contributed by atoms with van der Waals surface area (Å²) in [7, 11) is 1.49. The van der Waals surface area contributed by atoms with Crippen LogP contribution in [-0.4, -0.2) is 229 Å². The number of thiazole rings is 1. The fourth-order valence-electron chi connectivity index (χ4n) is 18.1. The van der Waals surface area contributed by atoms with Gasteiger partial charge in [-0.25, -0.2) is 14.3 Å². The number of carboxylic acids is 1. The van der Waals surface area contributed by atoms with Gasteiger partial charge in [0.05, 0.1) is 58.0 Å². The number of hydrogen-bond acceptors (Lipinski definition) is 34. The Bertz CT molecular complexity index is 6300. The number of nitrogens with zero attached hydrogens (tertiary/aromatic N) is 4. The van der Waals surface area contributed by atoms with Crippen LogP contribution in [0.1, 0.15) is 147 Å². The van der Waals surface area contributed by atoms with E-state index in [1.807, 2.05) is 13.8 Å². The second kappa shape index (κ2) is 43.2. The van der Waals surface area contributed by atoms with Crippen LogP contribution in [0.25, 0.3) is 11.1 Å². The summed E-state index contributed by atoms with van der Waals surface area (Å²) in [6.45, 7) is 5.57. The zero-order valence-corrected chi connectivity index (χ0v) is 79.9. The van der Waals surface area contributed by atoms with Gasteiger partial charge < -0.3 is 128 Å². The normalized spacial score (nSPS) is 26.7. The molecule has 0 spiro atoms. The highest BCUT2D eigenvalue weighted by molar-refractivity contribution is 8.00. The molecule has 0 saturated carbocycles. The number of aromatic nitrogens is 2. The van der Waals surface area contributed by atoms with Crippen molar-refractivity contribution in [2.75, 3.05) is 25.1 Å². The first kappa shape index (κ1) is 103. The lowest BCUT2D eigenvalue weighted by molar-refractivity contribution is -0.689. The number of hydrogen-bond donors (Lipinski definition) is 18. The first-order valence-electron chi connectivity index (χ1n) is 44.8. The predicted molar refractivity (Wildman–Crippen MR) is 504 cm³/mol. The van der Waals surface area contributed by atoms with Gasteiger partial charge in [0, 0.05) is 84.7 Å². The molecule has 21 N–H and O–H groups in total. The number of aromatic hydroxyl groups is 3. The molecule has 3 saturated heterocycles. The predicted octanol–water partition coefficient (Wildman–Crippen LogP) is 5.63. The number of aliphatic carboxylic acids is 1. The number of aliphatic hydroxyl groups excluding tert-OH is 6. The molecule has 6 aromatic carbocycles. The topological polar surface area (TPSA) is 625 Å². The summed E-state index contributed by atoms with van der Waals surface area (Å²) in [4.78, 5) is 175. The maximum absolute atomic E-state index is 16.6. The average molecular weight is 2040 g/mol. The first-order chi connectivity index (χ1) is 67.0. The van der Waals surface area contributed by atoms with E-state index in [-0.39, 0.29) is 104 Å². The number of carboxylic acid groups (broad SMARTS) is 1. The molecule has 9 aliphatic heterocycles. The van der Waals surface area contributed by atoms with Crippen molar-refractivity contribution in [2.45, 2.75) is 201 Å². The molecule has 1 unspecified atom stereocenters. The smallest absolute Gasteiger partial charge is 0.352 e. The number of Topliss-reactive ketones (excluding diaryl/α,β-unsaturated/α-hetero) is 4. The molecule has 11 heterocycles. The van der Waals surface area contributed by atoms with Crippen molar-refractivity contribution in [1.29, 1.82) is 0 Å². The second-order valence-electron chi connectivity index (χ2n) is 36.1. The molecule has 8 aromatic rings. The summed E-state index contributed by atoms with van der Waals surface area (Å²) >= 11 is 23.2. The summed E-state index contributed by atoms with van der Waals surface area (Å²) in [6, 6.07) is 16.8. The van der Waals surface area contributed by atoms with Gasteiger partial charge in [0.2, 0.25) is 47.5 Å². The molecule has 9 aliphatic rings. The van der Waals surface area contributed by atoms with E-state index in [1.54, 1.807) is 59.4 Å². The van der Waals surface area contributed by atoms with Gasteiger partial charge in [-0.15, -0.1) is 11.8 Å². The number of nitrogen functional groups attached to an aromatic ring is 1. The Morgan fingerprint density at radius 2 is 1.43 bits per heavy atom. The summed E-state index contributed by atoms with van der Waals surface area (Å²) in [6.07, 6.45) is -18.3. The number of halogens is 3. The van der Waals surface area contributed by atoms with Gasteiger partial charge >= 0.3 is 5.97 Å². The number of amides is 6. The third-order valence-electron chi connectivity index (χ3n) is 25.5. The molecule has 6 amide bonds. The van der Waals surface area contributed by atoms with Gasteiger partial charge in [0.15, 0.2) is 76.8 Å². The number of oxime groups is 1. The molecule has 40 nitrogen and oxygen atoms in total. The van der Waals surface area contributed by atoms with Crippen molar-refractivity contribution in [3.8, 4) is 57.1 Å². The van der Waals surface area contributed by atoms with E-state index in [0.29, 0.717) is 16.7 Å². The fraction of sp³-hybridized carbons (Fsp3) is 0.396. The van der Waals surface area contributed by atoms with Crippen LogP contribution < -0.4 is 62.6 Å². The minimum absolute atomic E-state index is 0.0210. The minimum atomic E-state index is -2.28. The van der Waals surface area contributed by atoms with Crippen molar-refractivity contribution in [1.82, 2.24) is 36.5 Å². The molecule has 0 radical (unpaired) electrons. The molecule has 746 valence electrons. The molecule has 45 heteroatoms. The van der Waals surface area contributed by atoms with E-state index in [9.17, 15) is 75.0 Å². The first-order valence-corrected chi connectivity index (χ1v) is 47.8. The maximum Gasteiger partial charge on any atom is 0.352 e. The van der Waals surface area contributed by atoms with Crippen molar-refractivity contribution < 1.29 is 142 Å². The monoisotopic (exact) mass is 2040 g/mol. The number of thioether (sulfide) groups is 1. The van der Waals surface area contributed by atoms with Crippen molar-refractivity contribution in [2.24, 2.45) is 34.4 Å². The highest BCUT2D eigenvalue weighted by Crippen LogP contribution is 2.52. The molecule has 2 aromatic heterocycles. The van der Waals surface area contributed by atoms with Gasteiger partial charge in [0.1, 0.15) is 106 Å². The van der Waals surface area contributed by atoms with Crippen LogP contribution in [0.3, 0.4) is 0 Å². The van der Waals surface area contributed by atoms with E-state index in [0.717, 1.165) is 65.9 Å². The van der Waals surface area contributed by atoms with Crippen LogP contribution in [0, 0.1) is 17.8 Å². The van der Waals surface area contributed by atoms with Crippen LogP contribution in [-0.2, 0) is 91.4 Å². The Labute approximate surface area is 827 Å². The number of likely N-dealkylation sites (N-methyl/N-ethyl adjacent to an activating group) is 1. The molecule has 20 atom stereocenters. The summed E-state index contributed by atoms with van der Waals surface area (Å²) < 4.78 is 40.7. The Kier molecular flexibility index (Phi) is 31.6. The lowest BCUT2D eigenvalue weighted by Gasteiger charge is -2.49. The maximum atomic E-state index is 16.6. The number of nitrogens with one attached hydrogen (secondary N) is 5. The van der Waals surface area contributed by atoms with Gasteiger partial charge in [-0.2, -0.15) is 0 Å². The number of β-lactam (4-membered cyclic amide) rings is 1. The third kappa shape index (κ3) is 22.4. The number of carbonyl (C=O) groups excluding carboxylic acids is 10. The van der Waals surface area contributed by atoms with Crippen LogP contribution in [0.2, 0.25) is 14.4 Å². The lowest BCUT2D eigenvalue weighted by atomic mass is 9.84. The van der Waals surface area contributed by atoms with Crippen LogP contribution >= 0.6 is 57.9 Å². The molecule has 17 rings (SSSR count). The molecule has 11 bridgehead atoms. The van der Waals surface area contributed by atoms with E-state index >= 15 is 28.8 Å². The minimum Gasteiger partial charge on any atom is -0.508 e. The number of aryl methyl sites for hydroxylation is 1. The van der Waals surface area contributed by atoms with Gasteiger partial charge in [0.25, 0.3) is 0 Å². The Morgan fingerprint density at radius 3 is 2.05 bits per heavy atom. The van der Waals surface area contributed by atoms with E-state index < -0.39 is 286 Å². The Morgan fingerprint density at radius 1 is 0.759 bits per heavy atom. The second-order valence-corrected chi connectivity index (χ2v) is 39.6. The third-order valence-corrected chi connectivity index (χ3v) is 28.6. The number of ether oxygens (including phenoxy) is 6. The number of ketones is 4. The van der Waals surface area contributed by atoms with Crippen molar-refractivity contribution in [3.63, 3.8) is 0 Å². The van der Waals surface area contributed by atoms with Gasteiger partial charge in [-0.1, -0.05) is 114 Å². The number of fused-ring (bicyclic) bond motifs is 16. The number of phenolic OH excluding ortho intramolecular Hbond substituents is 3. The summed E-state index contributed by atoms with van der Waals surface area (Å²) in [5.41, 5.74) is 15.6. The highest BCUT2D eigenvalue weighted by atomic mass is 35.5. The van der Waals surface area contributed by atoms with Crippen LogP contribution in [0.5, 0.6) is 46.0 Å². The van der Waals surface area contributed by atoms with E-state index in [4.69, 9.17) is 85.3 Å². The van der Waals surface area contributed by atoms with E-state index in [2.05, 4.69) is 36.7 Å². The zero-order chi connectivity index (χ0) is 101. The quantitative estimate of drug-likeness (QED) is 0.0135. The van der Waals surface area contributed by atoms with Gasteiger partial charge in [-0.05, 0) is 133 Å². The Balaban J connectivity index is 0.792. The SMILES string of the molecule is CN[C@H](CC(C)C)C(=O)NC1C(=O)C[C@@H](CC(N)=O)C(=O)N[C@H]2C(=O)C[C@H]3C(=O)N[C@H](C(=O)N[C@H](C(=O)CCc4ccc(CO/N=C(\C(=O)C[C@@H]5C(=O)N6C(C(=O)O)=C(C[n+]7ccccc7)CS[C@H]56)c5nc(N)sc5Cl)cc4)c4cc(O)cc(O)c4-c4cc3ccc4O)[C@H](O)c3ccc(c(Cl)c3)Oc3cc2cc(c3O[C@@H]2O[C@H](CO)[C@@H](O)[C@H](O)[C@H]2O[C@H]2C[C@](C)(N)[C@H](O)[C@H](C)O2)Oc2ccc(cc2Cl)[C@H]1O.